The zero-order chi connectivity index (χ0) is 11.4. The van der Waals surface area contributed by atoms with E-state index in [0.29, 0.717) is 31.7 Å². The Kier molecular flexibility index (Phi) is 4.55. The van der Waals surface area contributed by atoms with E-state index in [-0.39, 0.29) is 11.4 Å². The molecule has 90 valence electrons. The molecule has 0 saturated carbocycles. The molecule has 0 amide bonds. The van der Waals surface area contributed by atoms with Crippen LogP contribution in [0.2, 0.25) is 0 Å². The molecule has 1 atom stereocenters. The monoisotopic (exact) mass is 235 g/mol. The molecule has 0 aromatic carbocycles. The van der Waals surface area contributed by atoms with Crippen LogP contribution in [0.15, 0.2) is 0 Å². The van der Waals surface area contributed by atoms with Gasteiger partial charge in [0.1, 0.15) is 9.84 Å². The van der Waals surface area contributed by atoms with E-state index in [1.54, 1.807) is 0 Å². The zero-order valence-corrected chi connectivity index (χ0v) is 10.2. The summed E-state index contributed by atoms with van der Waals surface area (Å²) in [5.74, 6) is 0.541. The summed E-state index contributed by atoms with van der Waals surface area (Å²) < 4.78 is 28.7. The Labute approximate surface area is 92.1 Å². The summed E-state index contributed by atoms with van der Waals surface area (Å²) in [7, 11) is -2.85. The van der Waals surface area contributed by atoms with Crippen molar-refractivity contribution >= 4 is 9.84 Å². The van der Waals surface area contributed by atoms with Crippen LogP contribution in [0.4, 0.5) is 0 Å². The van der Waals surface area contributed by atoms with Gasteiger partial charge in [0.25, 0.3) is 0 Å². The van der Waals surface area contributed by atoms with Gasteiger partial charge in [-0.15, -0.1) is 0 Å². The van der Waals surface area contributed by atoms with Crippen LogP contribution in [-0.2, 0) is 14.6 Å². The van der Waals surface area contributed by atoms with Crippen molar-refractivity contribution in [2.75, 3.05) is 24.7 Å². The highest BCUT2D eigenvalue weighted by atomic mass is 32.2. The first kappa shape index (κ1) is 12.9. The molecular weight excluding hydrogens is 214 g/mol. The summed E-state index contributed by atoms with van der Waals surface area (Å²) >= 11 is 0. The Balaban J connectivity index is 2.72. The Morgan fingerprint density at radius 3 is 2.67 bits per heavy atom. The van der Waals surface area contributed by atoms with Gasteiger partial charge in [-0.05, 0) is 39.2 Å². The smallest absolute Gasteiger partial charge is 0.150 e. The molecule has 1 aliphatic heterocycles. The Bertz CT molecular complexity index is 281. The van der Waals surface area contributed by atoms with Crippen LogP contribution >= 0.6 is 0 Å². The molecule has 1 fully saturated rings. The zero-order valence-electron chi connectivity index (χ0n) is 9.37. The molecule has 1 aliphatic rings. The minimum absolute atomic E-state index is 0.243. The van der Waals surface area contributed by atoms with Gasteiger partial charge in [-0.25, -0.2) is 8.42 Å². The van der Waals surface area contributed by atoms with Crippen LogP contribution in [0.25, 0.3) is 0 Å². The normalized spacial score (nSPS) is 31.1. The lowest BCUT2D eigenvalue weighted by molar-refractivity contribution is -0.0512. The first-order valence-corrected chi connectivity index (χ1v) is 7.40. The molecule has 4 nitrogen and oxygen atoms in total. The molecule has 0 aromatic heterocycles. The summed E-state index contributed by atoms with van der Waals surface area (Å²) in [5, 5.41) is 0. The van der Waals surface area contributed by atoms with E-state index in [9.17, 15) is 8.42 Å². The molecule has 0 aliphatic carbocycles. The fourth-order valence-electron chi connectivity index (χ4n) is 2.22. The third-order valence-electron chi connectivity index (χ3n) is 3.01. The largest absolute Gasteiger partial charge is 0.375 e. The van der Waals surface area contributed by atoms with Gasteiger partial charge in [0.15, 0.2) is 0 Å². The van der Waals surface area contributed by atoms with Crippen molar-refractivity contribution in [1.29, 1.82) is 0 Å². The average Bonchev–Trinajstić information content (AvgIpc) is 2.28. The third kappa shape index (κ3) is 3.74. The van der Waals surface area contributed by atoms with E-state index in [1.165, 1.54) is 0 Å². The minimum Gasteiger partial charge on any atom is -0.375 e. The van der Waals surface area contributed by atoms with Crippen LogP contribution in [0.3, 0.4) is 0 Å². The van der Waals surface area contributed by atoms with E-state index < -0.39 is 9.84 Å². The topological polar surface area (TPSA) is 69.4 Å². The van der Waals surface area contributed by atoms with Crippen molar-refractivity contribution in [2.24, 2.45) is 5.73 Å². The van der Waals surface area contributed by atoms with Gasteiger partial charge in [-0.2, -0.15) is 0 Å². The molecule has 1 saturated heterocycles. The lowest BCUT2D eigenvalue weighted by Gasteiger charge is -2.31. The van der Waals surface area contributed by atoms with Gasteiger partial charge >= 0.3 is 0 Å². The Morgan fingerprint density at radius 1 is 1.33 bits per heavy atom. The average molecular weight is 235 g/mol. The Hall–Kier alpha value is -0.130. The summed E-state index contributed by atoms with van der Waals surface area (Å²) in [6.07, 6.45) is 2.87. The van der Waals surface area contributed by atoms with Gasteiger partial charge in [-0.1, -0.05) is 0 Å². The van der Waals surface area contributed by atoms with Crippen molar-refractivity contribution in [3.05, 3.63) is 0 Å². The van der Waals surface area contributed by atoms with E-state index in [4.69, 9.17) is 10.5 Å². The van der Waals surface area contributed by atoms with Crippen molar-refractivity contribution in [2.45, 2.75) is 38.2 Å². The number of nitrogens with two attached hydrogens (primary N) is 1. The van der Waals surface area contributed by atoms with Gasteiger partial charge in [0, 0.05) is 6.61 Å². The predicted molar refractivity (Wildman–Crippen MR) is 60.5 cm³/mol. The minimum atomic E-state index is -2.85. The van der Waals surface area contributed by atoms with Gasteiger partial charge in [-0.3, -0.25) is 0 Å². The number of hydrogen-bond donors (Lipinski definition) is 1. The summed E-state index contributed by atoms with van der Waals surface area (Å²) in [5.41, 5.74) is 5.28. The standard InChI is InChI=1S/C10H21NO3S/c1-2-14-10(5-7-11)4-3-8-15(12,13)9-6-10/h2-9,11H2,1H3. The van der Waals surface area contributed by atoms with Gasteiger partial charge in [0.2, 0.25) is 0 Å². The van der Waals surface area contributed by atoms with Crippen molar-refractivity contribution < 1.29 is 13.2 Å². The van der Waals surface area contributed by atoms with Crippen LogP contribution in [0, 0.1) is 0 Å². The van der Waals surface area contributed by atoms with Crippen LogP contribution in [0.5, 0.6) is 0 Å². The number of ether oxygens (including phenoxy) is 1. The highest BCUT2D eigenvalue weighted by Crippen LogP contribution is 2.30. The summed E-state index contributed by atoms with van der Waals surface area (Å²) in [6, 6.07) is 0. The molecule has 5 heteroatoms. The third-order valence-corrected chi connectivity index (χ3v) is 4.74. The van der Waals surface area contributed by atoms with E-state index >= 15 is 0 Å². The van der Waals surface area contributed by atoms with Gasteiger partial charge in [0.05, 0.1) is 17.1 Å². The SMILES string of the molecule is CCOC1(CCN)CCCS(=O)(=O)CC1. The maximum atomic E-state index is 11.5. The van der Waals surface area contributed by atoms with Crippen LogP contribution in [-0.4, -0.2) is 38.7 Å². The van der Waals surface area contributed by atoms with Crippen LogP contribution in [0.1, 0.15) is 32.6 Å². The summed E-state index contributed by atoms with van der Waals surface area (Å²) in [4.78, 5) is 0. The van der Waals surface area contributed by atoms with Crippen LogP contribution < -0.4 is 5.73 Å². The number of rotatable bonds is 4. The fraction of sp³-hybridized carbons (Fsp3) is 1.00. The highest BCUT2D eigenvalue weighted by molar-refractivity contribution is 7.91. The van der Waals surface area contributed by atoms with E-state index in [2.05, 4.69) is 0 Å². The second kappa shape index (κ2) is 5.27. The molecule has 0 aromatic rings. The maximum Gasteiger partial charge on any atom is 0.150 e. The molecular formula is C10H21NO3S. The van der Waals surface area contributed by atoms with Crippen molar-refractivity contribution in [1.82, 2.24) is 0 Å². The molecule has 1 heterocycles. The molecule has 0 bridgehead atoms. The second-order valence-electron chi connectivity index (χ2n) is 4.16. The lowest BCUT2D eigenvalue weighted by atomic mass is 9.91. The lowest BCUT2D eigenvalue weighted by Crippen LogP contribution is -2.35. The molecule has 1 unspecified atom stereocenters. The summed E-state index contributed by atoms with van der Waals surface area (Å²) in [6.45, 7) is 3.12. The fourth-order valence-corrected chi connectivity index (χ4v) is 3.69. The number of sulfone groups is 1. The second-order valence-corrected chi connectivity index (χ2v) is 6.46. The van der Waals surface area contributed by atoms with Gasteiger partial charge < -0.3 is 10.5 Å². The maximum absolute atomic E-state index is 11.5. The van der Waals surface area contributed by atoms with Crippen molar-refractivity contribution in [3.63, 3.8) is 0 Å². The first-order chi connectivity index (χ1) is 7.04. The van der Waals surface area contributed by atoms with Crippen molar-refractivity contribution in [3.8, 4) is 0 Å². The molecule has 15 heavy (non-hydrogen) atoms. The highest BCUT2D eigenvalue weighted by Gasteiger charge is 2.34. The molecule has 1 rings (SSSR count). The molecule has 2 N–H and O–H groups in total. The first-order valence-electron chi connectivity index (χ1n) is 5.58. The van der Waals surface area contributed by atoms with E-state index in [0.717, 1.165) is 12.8 Å². The quantitative estimate of drug-likeness (QED) is 0.779. The molecule has 0 spiro atoms. The Morgan fingerprint density at radius 2 is 2.07 bits per heavy atom. The van der Waals surface area contributed by atoms with E-state index in [1.807, 2.05) is 6.92 Å². The number of hydrogen-bond acceptors (Lipinski definition) is 4. The predicted octanol–water partition coefficient (Wildman–Crippen LogP) is 0.709. The molecule has 0 radical (unpaired) electrons.